The maximum Gasteiger partial charge on any atom is 0.260 e. The number of aromatic nitrogens is 1. The van der Waals surface area contributed by atoms with Crippen molar-refractivity contribution in [1.82, 2.24) is 9.88 Å². The highest BCUT2D eigenvalue weighted by molar-refractivity contribution is 7.22. The number of amides is 1. The summed E-state index contributed by atoms with van der Waals surface area (Å²) in [4.78, 5) is 21.5. The predicted octanol–water partition coefficient (Wildman–Crippen LogP) is 3.99. The van der Waals surface area contributed by atoms with Crippen molar-refractivity contribution in [3.63, 3.8) is 0 Å². The molecular weight excluding hydrogens is 476 g/mol. The van der Waals surface area contributed by atoms with Gasteiger partial charge in [0.05, 0.1) is 32.1 Å². The second kappa shape index (κ2) is 11.1. The quantitative estimate of drug-likeness (QED) is 0.490. The van der Waals surface area contributed by atoms with Gasteiger partial charge in [-0.25, -0.2) is 13.8 Å². The van der Waals surface area contributed by atoms with Crippen LogP contribution in [-0.2, 0) is 4.74 Å². The number of methoxy groups -OCH3 is 2. The van der Waals surface area contributed by atoms with Crippen LogP contribution in [0.3, 0.4) is 0 Å². The van der Waals surface area contributed by atoms with Gasteiger partial charge in [-0.1, -0.05) is 11.3 Å². The minimum absolute atomic E-state index is 0. The van der Waals surface area contributed by atoms with E-state index in [1.807, 2.05) is 0 Å². The molecule has 7 nitrogen and oxygen atoms in total. The van der Waals surface area contributed by atoms with Crippen LogP contribution in [0.2, 0.25) is 0 Å². The average molecular weight is 500 g/mol. The fourth-order valence-corrected chi connectivity index (χ4v) is 4.57. The number of carbonyl (C=O) groups is 1. The van der Waals surface area contributed by atoms with Crippen LogP contribution in [-0.4, -0.2) is 69.4 Å². The summed E-state index contributed by atoms with van der Waals surface area (Å²) in [5.74, 6) is -0.838. The third kappa shape index (κ3) is 5.52. The van der Waals surface area contributed by atoms with Gasteiger partial charge in [-0.05, 0) is 24.3 Å². The monoisotopic (exact) mass is 499 g/mol. The van der Waals surface area contributed by atoms with Crippen LogP contribution in [0.4, 0.5) is 13.9 Å². The maximum atomic E-state index is 14.3. The molecule has 11 heteroatoms. The third-order valence-electron chi connectivity index (χ3n) is 5.25. The van der Waals surface area contributed by atoms with Gasteiger partial charge in [-0.2, -0.15) is 0 Å². The summed E-state index contributed by atoms with van der Waals surface area (Å²) in [5, 5.41) is 0.303. The van der Waals surface area contributed by atoms with Crippen molar-refractivity contribution in [3.8, 4) is 11.5 Å². The Bertz CT molecular complexity index is 1120. The molecule has 0 N–H and O–H groups in total. The van der Waals surface area contributed by atoms with Gasteiger partial charge in [0.1, 0.15) is 11.3 Å². The second-order valence-electron chi connectivity index (χ2n) is 7.21. The van der Waals surface area contributed by atoms with Crippen molar-refractivity contribution in [2.75, 3.05) is 58.5 Å². The number of halogens is 3. The molecule has 0 bridgehead atoms. The van der Waals surface area contributed by atoms with Crippen molar-refractivity contribution in [2.45, 2.75) is 0 Å². The van der Waals surface area contributed by atoms with E-state index in [1.54, 1.807) is 18.2 Å². The summed E-state index contributed by atoms with van der Waals surface area (Å²) in [7, 11) is 3.01. The van der Waals surface area contributed by atoms with Gasteiger partial charge in [0.15, 0.2) is 22.4 Å². The van der Waals surface area contributed by atoms with Crippen molar-refractivity contribution < 1.29 is 27.8 Å². The molecule has 2 heterocycles. The maximum absolute atomic E-state index is 14.3. The smallest absolute Gasteiger partial charge is 0.260 e. The lowest BCUT2D eigenvalue weighted by atomic mass is 10.1. The first-order valence-corrected chi connectivity index (χ1v) is 10.9. The average Bonchev–Trinajstić information content (AvgIpc) is 3.23. The summed E-state index contributed by atoms with van der Waals surface area (Å²) in [6.45, 7) is 3.72. The van der Waals surface area contributed by atoms with Crippen molar-refractivity contribution >= 4 is 45.0 Å². The van der Waals surface area contributed by atoms with E-state index < -0.39 is 11.6 Å². The molecule has 1 aliphatic rings. The van der Waals surface area contributed by atoms with E-state index in [0.717, 1.165) is 30.5 Å². The molecule has 1 amide bonds. The number of hydrogen-bond donors (Lipinski definition) is 0. The Morgan fingerprint density at radius 1 is 1.15 bits per heavy atom. The number of benzene rings is 2. The molecule has 0 spiro atoms. The molecule has 0 radical (unpaired) electrons. The Morgan fingerprint density at radius 3 is 2.58 bits per heavy atom. The highest BCUT2D eigenvalue weighted by Crippen LogP contribution is 2.33. The zero-order chi connectivity index (χ0) is 22.7. The number of ether oxygens (including phenoxy) is 3. The summed E-state index contributed by atoms with van der Waals surface area (Å²) in [6.07, 6.45) is 0. The van der Waals surface area contributed by atoms with Crippen LogP contribution in [0, 0.1) is 11.6 Å². The summed E-state index contributed by atoms with van der Waals surface area (Å²) in [5.41, 5.74) is 0.415. The van der Waals surface area contributed by atoms with Crippen LogP contribution < -0.4 is 14.4 Å². The minimum Gasteiger partial charge on any atom is -0.493 e. The molecule has 1 aromatic heterocycles. The van der Waals surface area contributed by atoms with E-state index in [0.29, 0.717) is 53.2 Å². The first kappa shape index (κ1) is 25.1. The van der Waals surface area contributed by atoms with Gasteiger partial charge in [-0.3, -0.25) is 14.6 Å². The normalized spacial score (nSPS) is 14.1. The van der Waals surface area contributed by atoms with Crippen molar-refractivity contribution in [2.24, 2.45) is 0 Å². The molecule has 3 aromatic rings. The molecule has 1 fully saturated rings. The Kier molecular flexibility index (Phi) is 8.41. The third-order valence-corrected chi connectivity index (χ3v) is 6.28. The first-order valence-electron chi connectivity index (χ1n) is 10.1. The number of fused-ring (bicyclic) bond motifs is 1. The lowest BCUT2D eigenvalue weighted by molar-refractivity contribution is 0.0391. The number of carbonyl (C=O) groups excluding carboxylic acids is 1. The number of nitrogens with zero attached hydrogens (tertiary/aromatic N) is 3. The van der Waals surface area contributed by atoms with Gasteiger partial charge in [0.2, 0.25) is 0 Å². The number of rotatable bonds is 7. The van der Waals surface area contributed by atoms with E-state index in [1.165, 1.54) is 25.2 Å². The van der Waals surface area contributed by atoms with Gasteiger partial charge in [-0.15, -0.1) is 12.4 Å². The lowest BCUT2D eigenvalue weighted by Crippen LogP contribution is -2.43. The predicted molar refractivity (Wildman–Crippen MR) is 125 cm³/mol. The summed E-state index contributed by atoms with van der Waals surface area (Å²) in [6, 6.07) is 6.90. The van der Waals surface area contributed by atoms with E-state index in [2.05, 4.69) is 9.88 Å². The number of thiazole rings is 1. The summed E-state index contributed by atoms with van der Waals surface area (Å²) < 4.78 is 44.2. The molecule has 178 valence electrons. The number of hydrogen-bond acceptors (Lipinski definition) is 7. The van der Waals surface area contributed by atoms with Crippen LogP contribution in [0.25, 0.3) is 10.2 Å². The topological polar surface area (TPSA) is 64.1 Å². The van der Waals surface area contributed by atoms with E-state index in [4.69, 9.17) is 14.2 Å². The Morgan fingerprint density at radius 2 is 1.88 bits per heavy atom. The number of anilines is 1. The van der Waals surface area contributed by atoms with Gasteiger partial charge in [0, 0.05) is 37.8 Å². The van der Waals surface area contributed by atoms with Crippen molar-refractivity contribution in [3.05, 3.63) is 47.5 Å². The lowest BCUT2D eigenvalue weighted by Gasteiger charge is -2.29. The molecule has 1 aliphatic heterocycles. The zero-order valence-corrected chi connectivity index (χ0v) is 19.8. The number of morpholine rings is 1. The highest BCUT2D eigenvalue weighted by Gasteiger charge is 2.25. The summed E-state index contributed by atoms with van der Waals surface area (Å²) >= 11 is 1.08. The molecule has 0 unspecified atom stereocenters. The van der Waals surface area contributed by atoms with Gasteiger partial charge >= 0.3 is 0 Å². The fraction of sp³-hybridized carbons (Fsp3) is 0.364. The standard InChI is InChI=1S/C22H23F2N3O4S.ClH/c1-29-17-4-3-14(11-18(17)30-2)21(28)27(6-5-26-7-9-31-10-8-26)22-25-20-16(24)12-15(23)13-19(20)32-22;/h3-4,11-13H,5-10H2,1-2H3;1H. The molecule has 33 heavy (non-hydrogen) atoms. The fourth-order valence-electron chi connectivity index (χ4n) is 3.54. The SMILES string of the molecule is COc1ccc(C(=O)N(CCN2CCOCC2)c2nc3c(F)cc(F)cc3s2)cc1OC.Cl. The molecule has 4 rings (SSSR count). The second-order valence-corrected chi connectivity index (χ2v) is 8.22. The molecule has 0 aliphatic carbocycles. The zero-order valence-electron chi connectivity index (χ0n) is 18.2. The van der Waals surface area contributed by atoms with Crippen molar-refractivity contribution in [1.29, 1.82) is 0 Å². The largest absolute Gasteiger partial charge is 0.493 e. The minimum atomic E-state index is -0.755. The van der Waals surface area contributed by atoms with Crippen LogP contribution in [0.15, 0.2) is 30.3 Å². The van der Waals surface area contributed by atoms with Gasteiger partial charge in [0.25, 0.3) is 5.91 Å². The van der Waals surface area contributed by atoms with Crippen LogP contribution in [0.1, 0.15) is 10.4 Å². The first-order chi connectivity index (χ1) is 15.5. The van der Waals surface area contributed by atoms with Crippen LogP contribution in [0.5, 0.6) is 11.5 Å². The Balaban J connectivity index is 0.00000306. The molecular formula is C22H24ClF2N3O4S. The molecule has 0 saturated carbocycles. The Labute approximate surface area is 200 Å². The van der Waals surface area contributed by atoms with E-state index in [-0.39, 0.29) is 23.8 Å². The van der Waals surface area contributed by atoms with E-state index >= 15 is 0 Å². The van der Waals surface area contributed by atoms with Gasteiger partial charge < -0.3 is 14.2 Å². The van der Waals surface area contributed by atoms with Crippen LogP contribution >= 0.6 is 23.7 Å². The molecule has 2 aromatic carbocycles. The highest BCUT2D eigenvalue weighted by atomic mass is 35.5. The van der Waals surface area contributed by atoms with E-state index in [9.17, 15) is 13.6 Å². The molecule has 1 saturated heterocycles. The Hall–Kier alpha value is -2.53. The molecule has 0 atom stereocenters.